The fourth-order valence-electron chi connectivity index (χ4n) is 1.84. The Hall–Kier alpha value is -2.90. The van der Waals surface area contributed by atoms with Crippen molar-refractivity contribution in [2.45, 2.75) is 6.10 Å². The maximum absolute atomic E-state index is 11.3. The molecule has 10 heteroatoms. The first kappa shape index (κ1) is 18.4. The first-order chi connectivity index (χ1) is 11.9. The zero-order valence-corrected chi connectivity index (χ0v) is 14.5. The predicted molar refractivity (Wildman–Crippen MR) is 85.9 cm³/mol. The number of hydrogen-bond acceptors (Lipinski definition) is 9. The molecule has 0 amide bonds. The zero-order valence-electron chi connectivity index (χ0n) is 13.7. The second-order valence-electron chi connectivity index (χ2n) is 4.68. The number of nitrogens with zero attached hydrogens (tertiary/aromatic N) is 3. The van der Waals surface area contributed by atoms with E-state index in [9.17, 15) is 13.7 Å². The van der Waals surface area contributed by atoms with Crippen LogP contribution in [0.5, 0.6) is 23.5 Å². The third-order valence-corrected chi connectivity index (χ3v) is 3.41. The van der Waals surface area contributed by atoms with Gasteiger partial charge in [-0.15, -0.1) is 0 Å². The van der Waals surface area contributed by atoms with Crippen LogP contribution in [-0.4, -0.2) is 38.9 Å². The molecule has 0 spiro atoms. The van der Waals surface area contributed by atoms with Gasteiger partial charge in [0.15, 0.2) is 6.10 Å². The molecule has 1 atom stereocenters. The molecule has 132 valence electrons. The third kappa shape index (κ3) is 5.03. The first-order valence-corrected chi connectivity index (χ1v) is 8.69. The van der Waals surface area contributed by atoms with Crippen LogP contribution < -0.4 is 14.2 Å². The zero-order chi connectivity index (χ0) is 18.4. The summed E-state index contributed by atoms with van der Waals surface area (Å²) in [7, 11) is -1.00. The van der Waals surface area contributed by atoms with E-state index in [2.05, 4.69) is 9.97 Å². The molecule has 1 heterocycles. The predicted octanol–water partition coefficient (Wildman–Crippen LogP) is 1.83. The molecule has 25 heavy (non-hydrogen) atoms. The van der Waals surface area contributed by atoms with Crippen molar-refractivity contribution in [2.24, 2.45) is 0 Å². The molecule has 2 rings (SSSR count). The normalized spacial score (nSPS) is 12.1. The Morgan fingerprint density at radius 1 is 1.12 bits per heavy atom. The number of nitriles is 1. The van der Waals surface area contributed by atoms with Crippen LogP contribution in [0.25, 0.3) is 0 Å². The Balaban J connectivity index is 2.40. The lowest BCUT2D eigenvalue weighted by molar-refractivity contribution is 0.264. The molecule has 1 aromatic heterocycles. The second-order valence-corrected chi connectivity index (χ2v) is 6.29. The average molecular weight is 365 g/mol. The van der Waals surface area contributed by atoms with Crippen LogP contribution in [-0.2, 0) is 14.3 Å². The van der Waals surface area contributed by atoms with Crippen LogP contribution in [0.4, 0.5) is 0 Å². The lowest BCUT2D eigenvalue weighted by Gasteiger charge is -2.14. The van der Waals surface area contributed by atoms with Crippen LogP contribution in [0.1, 0.15) is 11.7 Å². The van der Waals surface area contributed by atoms with Gasteiger partial charge in [-0.05, 0) is 6.07 Å². The molecule has 0 aliphatic heterocycles. The number of rotatable bonds is 7. The molecular weight excluding hydrogens is 350 g/mol. The maximum Gasteiger partial charge on any atom is 0.328 e. The molecule has 9 nitrogen and oxygen atoms in total. The van der Waals surface area contributed by atoms with E-state index >= 15 is 0 Å². The van der Waals surface area contributed by atoms with Crippen molar-refractivity contribution >= 4 is 10.1 Å². The van der Waals surface area contributed by atoms with E-state index in [1.54, 1.807) is 18.2 Å². The van der Waals surface area contributed by atoms with Gasteiger partial charge in [-0.2, -0.15) is 23.6 Å². The summed E-state index contributed by atoms with van der Waals surface area (Å²) < 4.78 is 43.1. The Kier molecular flexibility index (Phi) is 5.74. The van der Waals surface area contributed by atoms with Crippen molar-refractivity contribution in [2.75, 3.05) is 20.5 Å². The highest BCUT2D eigenvalue weighted by Crippen LogP contribution is 2.32. The van der Waals surface area contributed by atoms with Gasteiger partial charge in [-0.3, -0.25) is 0 Å². The molecule has 0 fully saturated rings. The van der Waals surface area contributed by atoms with E-state index in [-0.39, 0.29) is 29.1 Å². The number of benzene rings is 1. The molecule has 0 bridgehead atoms. The van der Waals surface area contributed by atoms with Gasteiger partial charge in [0.2, 0.25) is 11.8 Å². The van der Waals surface area contributed by atoms with Crippen LogP contribution in [0, 0.1) is 11.3 Å². The minimum atomic E-state index is -3.84. The molecule has 1 unspecified atom stereocenters. The van der Waals surface area contributed by atoms with Crippen LogP contribution >= 0.6 is 0 Å². The van der Waals surface area contributed by atoms with Crippen molar-refractivity contribution in [1.82, 2.24) is 9.97 Å². The van der Waals surface area contributed by atoms with Crippen LogP contribution in [0.15, 0.2) is 30.3 Å². The Morgan fingerprint density at radius 2 is 1.72 bits per heavy atom. The van der Waals surface area contributed by atoms with Crippen molar-refractivity contribution in [3.63, 3.8) is 0 Å². The molecule has 0 saturated heterocycles. The van der Waals surface area contributed by atoms with E-state index in [4.69, 9.17) is 18.4 Å². The van der Waals surface area contributed by atoms with E-state index in [1.165, 1.54) is 32.4 Å². The quantitative estimate of drug-likeness (QED) is 0.676. The molecule has 0 saturated carbocycles. The Morgan fingerprint density at radius 3 is 2.24 bits per heavy atom. The van der Waals surface area contributed by atoms with Crippen LogP contribution in [0.3, 0.4) is 0 Å². The van der Waals surface area contributed by atoms with Crippen molar-refractivity contribution in [3.8, 4) is 29.6 Å². The summed E-state index contributed by atoms with van der Waals surface area (Å²) in [5, 5.41) is 9.23. The highest BCUT2D eigenvalue weighted by atomic mass is 32.2. The van der Waals surface area contributed by atoms with Crippen molar-refractivity contribution in [1.29, 1.82) is 5.26 Å². The molecule has 1 aromatic carbocycles. The van der Waals surface area contributed by atoms with Crippen molar-refractivity contribution in [3.05, 3.63) is 35.9 Å². The number of hydrogen-bond donors (Lipinski definition) is 0. The summed E-state index contributed by atoms with van der Waals surface area (Å²) in [6.07, 6.45) is -0.518. The van der Waals surface area contributed by atoms with E-state index < -0.39 is 16.2 Å². The maximum atomic E-state index is 11.3. The van der Waals surface area contributed by atoms with Gasteiger partial charge in [0.25, 0.3) is 10.1 Å². The van der Waals surface area contributed by atoms with Crippen LogP contribution in [0.2, 0.25) is 0 Å². The number of methoxy groups -OCH3 is 2. The summed E-state index contributed by atoms with van der Waals surface area (Å²) in [6, 6.07) is 9.43. The molecule has 2 aromatic rings. The largest absolute Gasteiger partial charge is 0.481 e. The lowest BCUT2D eigenvalue weighted by Crippen LogP contribution is -2.10. The van der Waals surface area contributed by atoms with Gasteiger partial charge in [-0.25, -0.2) is 4.18 Å². The Bertz CT molecular complexity index is 872. The molecular formula is C15H15N3O6S. The van der Waals surface area contributed by atoms with Crippen molar-refractivity contribution < 1.29 is 26.8 Å². The summed E-state index contributed by atoms with van der Waals surface area (Å²) in [6.45, 7) is 0. The highest BCUT2D eigenvalue weighted by molar-refractivity contribution is 7.86. The lowest BCUT2D eigenvalue weighted by atomic mass is 10.1. The topological polar surface area (TPSA) is 121 Å². The fourth-order valence-corrected chi connectivity index (χ4v) is 2.34. The molecule has 0 aliphatic carbocycles. The van der Waals surface area contributed by atoms with Gasteiger partial charge < -0.3 is 14.2 Å². The van der Waals surface area contributed by atoms with Gasteiger partial charge in [0, 0.05) is 5.56 Å². The standard InChI is InChI=1S/C15H15N3O6S/c1-21-13-8-14(22-2)18-15(17-13)23-11-7-5-4-6-10(11)12(9-16)24-25(3,19)20/h4-8,12H,1-3H3. The third-order valence-electron chi connectivity index (χ3n) is 2.87. The number of ether oxygens (including phenoxy) is 3. The van der Waals surface area contributed by atoms with Gasteiger partial charge in [0.1, 0.15) is 11.8 Å². The summed E-state index contributed by atoms with van der Waals surface area (Å²) in [5.41, 5.74) is 0.209. The highest BCUT2D eigenvalue weighted by Gasteiger charge is 2.22. The monoisotopic (exact) mass is 365 g/mol. The minimum Gasteiger partial charge on any atom is -0.481 e. The fraction of sp³-hybridized carbons (Fsp3) is 0.267. The number of para-hydroxylation sites is 1. The smallest absolute Gasteiger partial charge is 0.328 e. The van der Waals surface area contributed by atoms with Gasteiger partial charge >= 0.3 is 6.01 Å². The minimum absolute atomic E-state index is 0.0975. The molecule has 0 aliphatic rings. The van der Waals surface area contributed by atoms with E-state index in [1.807, 2.05) is 0 Å². The molecule has 0 radical (unpaired) electrons. The first-order valence-electron chi connectivity index (χ1n) is 6.88. The van der Waals surface area contributed by atoms with E-state index in [0.717, 1.165) is 6.26 Å². The van der Waals surface area contributed by atoms with Gasteiger partial charge in [0.05, 0.1) is 26.5 Å². The second kappa shape index (κ2) is 7.78. The average Bonchev–Trinajstić information content (AvgIpc) is 2.59. The number of aromatic nitrogens is 2. The molecule has 0 N–H and O–H groups in total. The SMILES string of the molecule is COc1cc(OC)nc(Oc2ccccc2C(C#N)OS(C)(=O)=O)n1. The summed E-state index contributed by atoms with van der Waals surface area (Å²) in [5.74, 6) is 0.583. The van der Waals surface area contributed by atoms with Gasteiger partial charge in [-0.1, -0.05) is 18.2 Å². The van der Waals surface area contributed by atoms with E-state index in [0.29, 0.717) is 0 Å². The Labute approximate surface area is 144 Å². The summed E-state index contributed by atoms with van der Waals surface area (Å²) in [4.78, 5) is 8.04. The summed E-state index contributed by atoms with van der Waals surface area (Å²) >= 11 is 0.